The van der Waals surface area contributed by atoms with E-state index in [1.54, 1.807) is 0 Å². The highest BCUT2D eigenvalue weighted by Gasteiger charge is 2.09. The molecular weight excluding hydrogens is 218 g/mol. The van der Waals surface area contributed by atoms with Gasteiger partial charge in [-0.05, 0) is 12.8 Å². The fourth-order valence-corrected chi connectivity index (χ4v) is 2.45. The number of unbranched alkanes of at least 4 members (excludes halogenated alkanes) is 1. The topological polar surface area (TPSA) is 37.8 Å². The smallest absolute Gasteiger partial charge is 0.202 e. The first-order valence-corrected chi connectivity index (χ1v) is 7.16. The van der Waals surface area contributed by atoms with E-state index in [9.17, 15) is 0 Å². The number of nitrogens with zero attached hydrogens (tertiary/aromatic N) is 2. The third-order valence-electron chi connectivity index (χ3n) is 2.66. The first kappa shape index (κ1) is 13.4. The fourth-order valence-electron chi connectivity index (χ4n) is 1.72. The van der Waals surface area contributed by atoms with Gasteiger partial charge in [-0.3, -0.25) is 0 Å². The quantitative estimate of drug-likeness (QED) is 0.750. The lowest BCUT2D eigenvalue weighted by atomic mass is 10.1. The highest BCUT2D eigenvalue weighted by atomic mass is 32.1. The van der Waals surface area contributed by atoms with Crippen LogP contribution < -0.4 is 5.32 Å². The van der Waals surface area contributed by atoms with Gasteiger partial charge in [0.2, 0.25) is 5.13 Å². The van der Waals surface area contributed by atoms with Crippen LogP contribution >= 0.6 is 11.5 Å². The van der Waals surface area contributed by atoms with E-state index in [4.69, 9.17) is 0 Å². The van der Waals surface area contributed by atoms with Gasteiger partial charge >= 0.3 is 0 Å². The molecule has 0 amide bonds. The molecule has 0 saturated carbocycles. The molecule has 0 radical (unpaired) electrons. The van der Waals surface area contributed by atoms with Crippen molar-refractivity contribution in [3.63, 3.8) is 0 Å². The third-order valence-corrected chi connectivity index (χ3v) is 3.34. The molecule has 4 heteroatoms. The molecule has 1 aromatic rings. The Morgan fingerprint density at radius 2 is 2.00 bits per heavy atom. The van der Waals surface area contributed by atoms with Crippen LogP contribution in [0.15, 0.2) is 0 Å². The van der Waals surface area contributed by atoms with Crippen LogP contribution in [0.3, 0.4) is 0 Å². The third kappa shape index (κ3) is 4.47. The van der Waals surface area contributed by atoms with Crippen molar-refractivity contribution in [3.8, 4) is 0 Å². The molecule has 1 unspecified atom stereocenters. The van der Waals surface area contributed by atoms with Gasteiger partial charge in [0.25, 0.3) is 0 Å². The molecule has 1 heterocycles. The number of aromatic nitrogens is 2. The second kappa shape index (κ2) is 7.60. The van der Waals surface area contributed by atoms with E-state index in [2.05, 4.69) is 35.4 Å². The summed E-state index contributed by atoms with van der Waals surface area (Å²) in [6.45, 7) is 6.56. The maximum atomic E-state index is 4.46. The maximum absolute atomic E-state index is 4.46. The molecule has 0 aliphatic heterocycles. The summed E-state index contributed by atoms with van der Waals surface area (Å²) in [5.41, 5.74) is 0. The van der Waals surface area contributed by atoms with Crippen LogP contribution in [0.4, 0.5) is 5.13 Å². The lowest BCUT2D eigenvalue weighted by Crippen LogP contribution is -2.19. The van der Waals surface area contributed by atoms with Crippen molar-refractivity contribution in [2.24, 2.45) is 0 Å². The summed E-state index contributed by atoms with van der Waals surface area (Å²) in [5, 5.41) is 4.51. The molecule has 1 N–H and O–H groups in total. The molecule has 1 atom stereocenters. The largest absolute Gasteiger partial charge is 0.358 e. The Labute approximate surface area is 103 Å². The minimum atomic E-state index is 0.572. The SMILES string of the molecule is CCCCC(CCC)Nc1nc(CC)ns1. The van der Waals surface area contributed by atoms with Crippen LogP contribution in [-0.4, -0.2) is 15.4 Å². The normalized spacial score (nSPS) is 12.7. The van der Waals surface area contributed by atoms with E-state index in [1.807, 2.05) is 0 Å². The van der Waals surface area contributed by atoms with Gasteiger partial charge in [-0.1, -0.05) is 40.0 Å². The van der Waals surface area contributed by atoms with Crippen molar-refractivity contribution in [3.05, 3.63) is 5.82 Å². The van der Waals surface area contributed by atoms with Crippen LogP contribution in [-0.2, 0) is 6.42 Å². The van der Waals surface area contributed by atoms with Crippen molar-refractivity contribution in [2.75, 3.05) is 5.32 Å². The Morgan fingerprint density at radius 1 is 1.19 bits per heavy atom. The van der Waals surface area contributed by atoms with Gasteiger partial charge in [-0.15, -0.1) is 0 Å². The standard InChI is InChI=1S/C12H23N3S/c1-4-7-9-10(8-5-2)13-12-14-11(6-3)15-16-12/h10H,4-9H2,1-3H3,(H,13,14,15). The number of hydrogen-bond acceptors (Lipinski definition) is 4. The number of rotatable bonds is 8. The van der Waals surface area contributed by atoms with Crippen LogP contribution in [0.25, 0.3) is 0 Å². The summed E-state index contributed by atoms with van der Waals surface area (Å²) in [4.78, 5) is 4.46. The highest BCUT2D eigenvalue weighted by Crippen LogP contribution is 2.17. The van der Waals surface area contributed by atoms with Crippen LogP contribution in [0, 0.1) is 0 Å². The first-order valence-electron chi connectivity index (χ1n) is 6.39. The molecule has 0 fully saturated rings. The molecule has 1 rings (SSSR count). The molecule has 0 spiro atoms. The molecule has 0 aliphatic carbocycles. The average molecular weight is 241 g/mol. The van der Waals surface area contributed by atoms with Crippen molar-refractivity contribution in [2.45, 2.75) is 65.3 Å². The molecule has 0 aromatic carbocycles. The zero-order valence-electron chi connectivity index (χ0n) is 10.6. The number of nitrogens with one attached hydrogen (secondary N) is 1. The minimum absolute atomic E-state index is 0.572. The maximum Gasteiger partial charge on any atom is 0.202 e. The monoisotopic (exact) mass is 241 g/mol. The molecule has 3 nitrogen and oxygen atoms in total. The zero-order chi connectivity index (χ0) is 11.8. The van der Waals surface area contributed by atoms with E-state index in [1.165, 1.54) is 43.6 Å². The van der Waals surface area contributed by atoms with E-state index in [0.717, 1.165) is 17.4 Å². The first-order chi connectivity index (χ1) is 7.80. The fraction of sp³-hybridized carbons (Fsp3) is 0.833. The summed E-state index contributed by atoms with van der Waals surface area (Å²) >= 11 is 1.49. The summed E-state index contributed by atoms with van der Waals surface area (Å²) < 4.78 is 4.30. The van der Waals surface area contributed by atoms with Gasteiger partial charge in [-0.2, -0.15) is 4.37 Å². The summed E-state index contributed by atoms with van der Waals surface area (Å²) in [5.74, 6) is 0.957. The van der Waals surface area contributed by atoms with Crippen molar-refractivity contribution < 1.29 is 0 Å². The number of aryl methyl sites for hydroxylation is 1. The van der Waals surface area contributed by atoms with E-state index < -0.39 is 0 Å². The van der Waals surface area contributed by atoms with Gasteiger partial charge in [0, 0.05) is 24.0 Å². The Hall–Kier alpha value is -0.640. The van der Waals surface area contributed by atoms with Crippen LogP contribution in [0.2, 0.25) is 0 Å². The van der Waals surface area contributed by atoms with Crippen molar-refractivity contribution >= 4 is 16.7 Å². The van der Waals surface area contributed by atoms with E-state index in [-0.39, 0.29) is 0 Å². The average Bonchev–Trinajstić information content (AvgIpc) is 2.74. The van der Waals surface area contributed by atoms with Crippen molar-refractivity contribution in [1.29, 1.82) is 0 Å². The molecular formula is C12H23N3S. The van der Waals surface area contributed by atoms with Crippen LogP contribution in [0.1, 0.15) is 58.7 Å². The van der Waals surface area contributed by atoms with Gasteiger partial charge in [-0.25, -0.2) is 4.98 Å². The van der Waals surface area contributed by atoms with Crippen molar-refractivity contribution in [1.82, 2.24) is 9.36 Å². The second-order valence-corrected chi connectivity index (χ2v) is 4.89. The number of hydrogen-bond donors (Lipinski definition) is 1. The van der Waals surface area contributed by atoms with Gasteiger partial charge in [0.15, 0.2) is 0 Å². The van der Waals surface area contributed by atoms with Crippen LogP contribution in [0.5, 0.6) is 0 Å². The molecule has 92 valence electrons. The Kier molecular flexibility index (Phi) is 6.38. The summed E-state index contributed by atoms with van der Waals surface area (Å²) in [6, 6.07) is 0.572. The Bertz CT molecular complexity index is 286. The molecule has 1 aromatic heterocycles. The molecule has 0 saturated heterocycles. The van der Waals surface area contributed by atoms with Gasteiger partial charge in [0.1, 0.15) is 5.82 Å². The molecule has 16 heavy (non-hydrogen) atoms. The predicted molar refractivity (Wildman–Crippen MR) is 71.1 cm³/mol. The van der Waals surface area contributed by atoms with E-state index in [0.29, 0.717) is 6.04 Å². The lowest BCUT2D eigenvalue weighted by Gasteiger charge is -2.16. The highest BCUT2D eigenvalue weighted by molar-refractivity contribution is 7.09. The second-order valence-electron chi connectivity index (χ2n) is 4.14. The zero-order valence-corrected chi connectivity index (χ0v) is 11.4. The summed E-state index contributed by atoms with van der Waals surface area (Å²) in [6.07, 6.45) is 7.16. The Morgan fingerprint density at radius 3 is 2.56 bits per heavy atom. The lowest BCUT2D eigenvalue weighted by molar-refractivity contribution is 0.564. The van der Waals surface area contributed by atoms with E-state index >= 15 is 0 Å². The van der Waals surface area contributed by atoms with Gasteiger partial charge < -0.3 is 5.32 Å². The predicted octanol–water partition coefficient (Wildman–Crippen LogP) is 3.87. The minimum Gasteiger partial charge on any atom is -0.358 e. The molecule has 0 aliphatic rings. The summed E-state index contributed by atoms with van der Waals surface area (Å²) in [7, 11) is 0. The number of anilines is 1. The molecule has 0 bridgehead atoms. The Balaban J connectivity index is 2.46. The van der Waals surface area contributed by atoms with Gasteiger partial charge in [0.05, 0.1) is 0 Å².